The Bertz CT molecular complexity index is 1060. The zero-order chi connectivity index (χ0) is 25.3. The molecule has 7 nitrogen and oxygen atoms in total. The minimum absolute atomic E-state index is 0.00961. The number of carbonyl (C=O) groups is 2. The topological polar surface area (TPSA) is 86.8 Å². The van der Waals surface area contributed by atoms with Crippen LogP contribution in [0.4, 0.5) is 14.5 Å². The summed E-state index contributed by atoms with van der Waals surface area (Å²) in [6, 6.07) is 10.0. The molecule has 2 amide bonds. The molecule has 2 aromatic rings. The number of benzene rings is 2. The molecule has 0 fully saturated rings. The van der Waals surface area contributed by atoms with Gasteiger partial charge in [-0.2, -0.15) is 0 Å². The van der Waals surface area contributed by atoms with Gasteiger partial charge in [-0.1, -0.05) is 19.1 Å². The highest BCUT2D eigenvalue weighted by atomic mass is 32.2. The first-order valence-corrected chi connectivity index (χ1v) is 13.0. The maximum absolute atomic E-state index is 13.3. The number of sulfonamides is 1. The van der Waals surface area contributed by atoms with Crippen LogP contribution in [0, 0.1) is 11.6 Å². The monoisotopic (exact) mass is 495 g/mol. The summed E-state index contributed by atoms with van der Waals surface area (Å²) in [5.74, 6) is -1.50. The van der Waals surface area contributed by atoms with Gasteiger partial charge in [0.05, 0.1) is 11.9 Å². The third-order valence-corrected chi connectivity index (χ3v) is 6.46. The number of anilines is 1. The second-order valence-corrected chi connectivity index (χ2v) is 9.79. The van der Waals surface area contributed by atoms with Crippen molar-refractivity contribution in [2.75, 3.05) is 23.7 Å². The maximum atomic E-state index is 13.3. The standard InChI is InChI=1S/C24H31F2N3O4S/c1-4-22(24(31)27-5-2)28(17-18-8-10-19(25)11-9-18)23(30)7-6-16-29(34(3,32)33)21-14-12-20(26)13-15-21/h8-15,22H,4-7,16-17H2,1-3H3,(H,27,31)/t22-/m0/s1. The van der Waals surface area contributed by atoms with E-state index in [9.17, 15) is 26.8 Å². The molecule has 0 saturated heterocycles. The van der Waals surface area contributed by atoms with Crippen LogP contribution in [0.3, 0.4) is 0 Å². The van der Waals surface area contributed by atoms with Crippen LogP contribution in [0.2, 0.25) is 0 Å². The zero-order valence-electron chi connectivity index (χ0n) is 19.6. The van der Waals surface area contributed by atoms with E-state index in [0.717, 1.165) is 10.6 Å². The van der Waals surface area contributed by atoms with Gasteiger partial charge in [-0.05, 0) is 61.7 Å². The van der Waals surface area contributed by atoms with E-state index in [-0.39, 0.29) is 37.7 Å². The normalized spacial score (nSPS) is 12.1. The van der Waals surface area contributed by atoms with Crippen molar-refractivity contribution in [3.8, 4) is 0 Å². The highest BCUT2D eigenvalue weighted by Gasteiger charge is 2.28. The summed E-state index contributed by atoms with van der Waals surface area (Å²) in [7, 11) is -3.66. The first-order chi connectivity index (χ1) is 16.1. The average molecular weight is 496 g/mol. The average Bonchev–Trinajstić information content (AvgIpc) is 2.78. The minimum Gasteiger partial charge on any atom is -0.355 e. The number of hydrogen-bond donors (Lipinski definition) is 1. The van der Waals surface area contributed by atoms with Crippen LogP contribution in [0.25, 0.3) is 0 Å². The lowest BCUT2D eigenvalue weighted by molar-refractivity contribution is -0.141. The minimum atomic E-state index is -3.66. The summed E-state index contributed by atoms with van der Waals surface area (Å²) in [6.07, 6.45) is 1.60. The van der Waals surface area contributed by atoms with Crippen molar-refractivity contribution in [1.29, 1.82) is 0 Å². The van der Waals surface area contributed by atoms with Crippen molar-refractivity contribution in [3.63, 3.8) is 0 Å². The van der Waals surface area contributed by atoms with Gasteiger partial charge in [0.25, 0.3) is 0 Å². The van der Waals surface area contributed by atoms with Crippen molar-refractivity contribution in [1.82, 2.24) is 10.2 Å². The van der Waals surface area contributed by atoms with Gasteiger partial charge in [0, 0.05) is 26.1 Å². The summed E-state index contributed by atoms with van der Waals surface area (Å²) in [5.41, 5.74) is 0.967. The second kappa shape index (κ2) is 12.5. The quantitative estimate of drug-likeness (QED) is 0.489. The van der Waals surface area contributed by atoms with E-state index in [2.05, 4.69) is 5.32 Å². The van der Waals surface area contributed by atoms with Crippen molar-refractivity contribution in [2.24, 2.45) is 0 Å². The Kier molecular flexibility index (Phi) is 9.97. The van der Waals surface area contributed by atoms with E-state index < -0.39 is 27.7 Å². The molecule has 0 aliphatic carbocycles. The first kappa shape index (κ1) is 27.2. The third-order valence-electron chi connectivity index (χ3n) is 5.27. The fourth-order valence-electron chi connectivity index (χ4n) is 3.61. The summed E-state index contributed by atoms with van der Waals surface area (Å²) >= 11 is 0. The second-order valence-electron chi connectivity index (χ2n) is 7.88. The lowest BCUT2D eigenvalue weighted by Crippen LogP contribution is -2.49. The summed E-state index contributed by atoms with van der Waals surface area (Å²) in [6.45, 7) is 4.12. The molecular weight excluding hydrogens is 464 g/mol. The third kappa shape index (κ3) is 7.79. The molecular formula is C24H31F2N3O4S. The van der Waals surface area contributed by atoms with Gasteiger partial charge >= 0.3 is 0 Å². The molecule has 0 aromatic heterocycles. The number of hydrogen-bond acceptors (Lipinski definition) is 4. The van der Waals surface area contributed by atoms with Crippen molar-refractivity contribution in [3.05, 3.63) is 65.7 Å². The molecule has 186 valence electrons. The molecule has 1 N–H and O–H groups in total. The molecule has 0 unspecified atom stereocenters. The zero-order valence-corrected chi connectivity index (χ0v) is 20.4. The number of nitrogens with one attached hydrogen (secondary N) is 1. The van der Waals surface area contributed by atoms with Gasteiger partial charge in [0.15, 0.2) is 0 Å². The van der Waals surface area contributed by atoms with E-state index in [4.69, 9.17) is 0 Å². The van der Waals surface area contributed by atoms with E-state index in [0.29, 0.717) is 24.2 Å². The maximum Gasteiger partial charge on any atom is 0.242 e. The lowest BCUT2D eigenvalue weighted by atomic mass is 10.1. The van der Waals surface area contributed by atoms with Crippen LogP contribution < -0.4 is 9.62 Å². The molecule has 2 aromatic carbocycles. The van der Waals surface area contributed by atoms with Gasteiger partial charge in [-0.25, -0.2) is 17.2 Å². The first-order valence-electron chi connectivity index (χ1n) is 11.1. The largest absolute Gasteiger partial charge is 0.355 e. The Hall–Kier alpha value is -3.01. The predicted molar refractivity (Wildman–Crippen MR) is 128 cm³/mol. The fraction of sp³-hybridized carbons (Fsp3) is 0.417. The number of nitrogens with zero attached hydrogens (tertiary/aromatic N) is 2. The SMILES string of the molecule is CCNC(=O)[C@H](CC)N(Cc1ccc(F)cc1)C(=O)CCCN(c1ccc(F)cc1)S(C)(=O)=O. The molecule has 0 bridgehead atoms. The van der Waals surface area contributed by atoms with Crippen LogP contribution in [-0.2, 0) is 26.2 Å². The molecule has 34 heavy (non-hydrogen) atoms. The van der Waals surface area contributed by atoms with Crippen LogP contribution in [0.5, 0.6) is 0 Å². The molecule has 0 radical (unpaired) electrons. The van der Waals surface area contributed by atoms with Crippen molar-refractivity contribution < 1.29 is 26.8 Å². The number of halogens is 2. The van der Waals surface area contributed by atoms with Crippen LogP contribution in [-0.4, -0.2) is 50.5 Å². The molecule has 10 heteroatoms. The van der Waals surface area contributed by atoms with E-state index >= 15 is 0 Å². The summed E-state index contributed by atoms with van der Waals surface area (Å²) in [4.78, 5) is 27.2. The molecule has 0 spiro atoms. The van der Waals surface area contributed by atoms with E-state index in [1.54, 1.807) is 26.0 Å². The Labute approximate surface area is 199 Å². The van der Waals surface area contributed by atoms with Crippen LogP contribution in [0.15, 0.2) is 48.5 Å². The molecule has 0 aliphatic heterocycles. The Morgan fingerprint density at radius 2 is 1.53 bits per heavy atom. The number of likely N-dealkylation sites (N-methyl/N-ethyl adjacent to an activating group) is 1. The van der Waals surface area contributed by atoms with Crippen molar-refractivity contribution in [2.45, 2.75) is 45.7 Å². The molecule has 1 atom stereocenters. The van der Waals surface area contributed by atoms with Crippen molar-refractivity contribution >= 4 is 27.5 Å². The smallest absolute Gasteiger partial charge is 0.242 e. The predicted octanol–water partition coefficient (Wildman–Crippen LogP) is 3.45. The van der Waals surface area contributed by atoms with E-state index in [1.165, 1.54) is 41.3 Å². The summed E-state index contributed by atoms with van der Waals surface area (Å²) in [5, 5.41) is 2.74. The number of rotatable bonds is 12. The highest BCUT2D eigenvalue weighted by molar-refractivity contribution is 7.92. The van der Waals surface area contributed by atoms with Gasteiger partial charge in [0.2, 0.25) is 21.8 Å². The molecule has 0 saturated carbocycles. The van der Waals surface area contributed by atoms with Crippen LogP contribution >= 0.6 is 0 Å². The van der Waals surface area contributed by atoms with Gasteiger partial charge < -0.3 is 10.2 Å². The lowest BCUT2D eigenvalue weighted by Gasteiger charge is -2.31. The van der Waals surface area contributed by atoms with Gasteiger partial charge in [0.1, 0.15) is 17.7 Å². The highest BCUT2D eigenvalue weighted by Crippen LogP contribution is 2.20. The van der Waals surface area contributed by atoms with Crippen LogP contribution in [0.1, 0.15) is 38.7 Å². The van der Waals surface area contributed by atoms with Gasteiger partial charge in [-0.3, -0.25) is 13.9 Å². The Balaban J connectivity index is 2.18. The van der Waals surface area contributed by atoms with Gasteiger partial charge in [-0.15, -0.1) is 0 Å². The number of amides is 2. The fourth-order valence-corrected chi connectivity index (χ4v) is 4.57. The Morgan fingerprint density at radius 1 is 0.971 bits per heavy atom. The van der Waals surface area contributed by atoms with E-state index in [1.807, 2.05) is 0 Å². The Morgan fingerprint density at radius 3 is 2.03 bits per heavy atom. The summed E-state index contributed by atoms with van der Waals surface area (Å²) < 4.78 is 52.2. The number of carbonyl (C=O) groups excluding carboxylic acids is 2. The molecule has 2 rings (SSSR count). The molecule has 0 aliphatic rings. The molecule has 0 heterocycles.